The van der Waals surface area contributed by atoms with Crippen molar-refractivity contribution in [2.24, 2.45) is 0 Å². The SMILES string of the molecule is C=CC(=O)OCC(=O)OC1(C)C2CC3C(O2)C1OS3(=O)=O. The fourth-order valence-electron chi connectivity index (χ4n) is 3.06. The molecule has 3 aliphatic heterocycles. The monoisotopic (exact) mass is 318 g/mol. The van der Waals surface area contributed by atoms with Crippen LogP contribution in [0.3, 0.4) is 0 Å². The summed E-state index contributed by atoms with van der Waals surface area (Å²) in [6, 6.07) is 0. The summed E-state index contributed by atoms with van der Waals surface area (Å²) < 4.78 is 44.0. The van der Waals surface area contributed by atoms with E-state index in [1.54, 1.807) is 6.92 Å². The van der Waals surface area contributed by atoms with Crippen LogP contribution in [0.2, 0.25) is 0 Å². The third-order valence-electron chi connectivity index (χ3n) is 4.08. The molecule has 3 heterocycles. The van der Waals surface area contributed by atoms with Crippen molar-refractivity contribution in [2.45, 2.75) is 42.5 Å². The van der Waals surface area contributed by atoms with Crippen molar-refractivity contribution in [3.63, 3.8) is 0 Å². The predicted molar refractivity (Wildman–Crippen MR) is 66.5 cm³/mol. The molecule has 0 aromatic carbocycles. The summed E-state index contributed by atoms with van der Waals surface area (Å²) in [7, 11) is -3.68. The highest BCUT2D eigenvalue weighted by atomic mass is 32.2. The van der Waals surface area contributed by atoms with E-state index in [1.807, 2.05) is 0 Å². The van der Waals surface area contributed by atoms with E-state index in [0.717, 1.165) is 6.08 Å². The molecule has 2 bridgehead atoms. The van der Waals surface area contributed by atoms with Gasteiger partial charge in [-0.2, -0.15) is 8.42 Å². The van der Waals surface area contributed by atoms with Gasteiger partial charge in [-0.3, -0.25) is 4.18 Å². The molecule has 3 rings (SSSR count). The standard InChI is InChI=1S/C12H14O8S/c1-3-8(13)17-5-9(14)19-12(2)7-4-6-10(18-7)11(12)20-21(6,15)16/h3,6-7,10-11H,1,4-5H2,2H3. The van der Waals surface area contributed by atoms with Crippen LogP contribution in [0.5, 0.6) is 0 Å². The molecule has 0 spiro atoms. The van der Waals surface area contributed by atoms with Gasteiger partial charge in [0, 0.05) is 6.08 Å². The van der Waals surface area contributed by atoms with E-state index in [2.05, 4.69) is 11.3 Å². The van der Waals surface area contributed by atoms with Crippen LogP contribution in [0, 0.1) is 0 Å². The number of hydrogen-bond donors (Lipinski definition) is 0. The fraction of sp³-hybridized carbons (Fsp3) is 0.667. The average Bonchev–Trinajstić information content (AvgIpc) is 3.01. The van der Waals surface area contributed by atoms with Gasteiger partial charge in [-0.05, 0) is 13.3 Å². The van der Waals surface area contributed by atoms with Crippen molar-refractivity contribution in [1.82, 2.24) is 0 Å². The molecular weight excluding hydrogens is 304 g/mol. The lowest BCUT2D eigenvalue weighted by atomic mass is 9.83. The van der Waals surface area contributed by atoms with Gasteiger partial charge in [-0.1, -0.05) is 6.58 Å². The van der Waals surface area contributed by atoms with Crippen molar-refractivity contribution < 1.29 is 36.4 Å². The smallest absolute Gasteiger partial charge is 0.345 e. The molecule has 5 atom stereocenters. The molecular formula is C12H14O8S. The van der Waals surface area contributed by atoms with Crippen molar-refractivity contribution in [3.05, 3.63) is 12.7 Å². The summed E-state index contributed by atoms with van der Waals surface area (Å²) in [5, 5.41) is -0.696. The summed E-state index contributed by atoms with van der Waals surface area (Å²) in [6.45, 7) is 4.18. The molecule has 0 amide bonds. The first kappa shape index (κ1) is 14.5. The van der Waals surface area contributed by atoms with Gasteiger partial charge >= 0.3 is 11.9 Å². The zero-order valence-corrected chi connectivity index (χ0v) is 12.0. The Morgan fingerprint density at radius 2 is 2.19 bits per heavy atom. The zero-order valence-electron chi connectivity index (χ0n) is 11.2. The van der Waals surface area contributed by atoms with Crippen LogP contribution in [-0.2, 0) is 38.1 Å². The van der Waals surface area contributed by atoms with Crippen molar-refractivity contribution >= 4 is 22.1 Å². The van der Waals surface area contributed by atoms with E-state index in [1.165, 1.54) is 0 Å². The Bertz CT molecular complexity index is 611. The third kappa shape index (κ3) is 2.07. The molecule has 3 aliphatic rings. The first-order valence-electron chi connectivity index (χ1n) is 6.36. The molecule has 0 saturated carbocycles. The number of esters is 2. The maximum atomic E-state index is 11.8. The lowest BCUT2D eigenvalue weighted by molar-refractivity contribution is -0.177. The number of hydrogen-bond acceptors (Lipinski definition) is 8. The van der Waals surface area contributed by atoms with Gasteiger partial charge < -0.3 is 14.2 Å². The second-order valence-corrected chi connectivity index (χ2v) is 7.13. The van der Waals surface area contributed by atoms with Crippen LogP contribution in [0.25, 0.3) is 0 Å². The Labute approximate surface area is 121 Å². The molecule has 3 fully saturated rings. The summed E-state index contributed by atoms with van der Waals surface area (Å²) in [5.74, 6) is -1.55. The Balaban J connectivity index is 1.70. The summed E-state index contributed by atoms with van der Waals surface area (Å²) >= 11 is 0. The van der Waals surface area contributed by atoms with Gasteiger partial charge in [0.05, 0.1) is 0 Å². The minimum atomic E-state index is -3.68. The second kappa shape index (κ2) is 4.52. The number of carbonyl (C=O) groups is 2. The Kier molecular flexibility index (Phi) is 3.12. The number of carbonyl (C=O) groups excluding carboxylic acids is 2. The highest BCUT2D eigenvalue weighted by Gasteiger charge is 2.72. The molecule has 3 saturated heterocycles. The van der Waals surface area contributed by atoms with E-state index in [-0.39, 0.29) is 6.42 Å². The van der Waals surface area contributed by atoms with Crippen LogP contribution in [0.1, 0.15) is 13.3 Å². The highest BCUT2D eigenvalue weighted by molar-refractivity contribution is 7.87. The molecule has 0 aromatic rings. The maximum Gasteiger partial charge on any atom is 0.345 e. The maximum absolute atomic E-state index is 11.8. The number of fused-ring (bicyclic) bond motifs is 1. The van der Waals surface area contributed by atoms with Crippen LogP contribution < -0.4 is 0 Å². The Morgan fingerprint density at radius 3 is 2.86 bits per heavy atom. The molecule has 0 aliphatic carbocycles. The van der Waals surface area contributed by atoms with Gasteiger partial charge in [0.15, 0.2) is 12.2 Å². The highest BCUT2D eigenvalue weighted by Crippen LogP contribution is 2.53. The topological polar surface area (TPSA) is 105 Å². The fourth-order valence-corrected chi connectivity index (χ4v) is 4.74. The van der Waals surface area contributed by atoms with Gasteiger partial charge in [0.1, 0.15) is 23.6 Å². The largest absolute Gasteiger partial charge is 0.451 e. The summed E-state index contributed by atoms with van der Waals surface area (Å²) in [6.07, 6.45) is -0.875. The normalized spacial score (nSPS) is 41.8. The molecule has 0 N–H and O–H groups in total. The summed E-state index contributed by atoms with van der Waals surface area (Å²) in [4.78, 5) is 22.6. The third-order valence-corrected chi connectivity index (χ3v) is 5.76. The molecule has 0 radical (unpaired) electrons. The van der Waals surface area contributed by atoms with E-state index in [0.29, 0.717) is 0 Å². The van der Waals surface area contributed by atoms with Crippen molar-refractivity contribution in [1.29, 1.82) is 0 Å². The molecule has 116 valence electrons. The first-order valence-corrected chi connectivity index (χ1v) is 7.83. The number of rotatable bonds is 4. The Hall–Kier alpha value is -1.45. The minimum Gasteiger partial charge on any atom is -0.451 e. The summed E-state index contributed by atoms with van der Waals surface area (Å²) in [5.41, 5.74) is -1.21. The van der Waals surface area contributed by atoms with Crippen LogP contribution in [0.4, 0.5) is 0 Å². The number of ether oxygens (including phenoxy) is 3. The molecule has 0 aromatic heterocycles. The van der Waals surface area contributed by atoms with Crippen LogP contribution >= 0.6 is 0 Å². The predicted octanol–water partition coefficient (Wildman–Crippen LogP) is -0.714. The van der Waals surface area contributed by atoms with Crippen molar-refractivity contribution in [3.8, 4) is 0 Å². The van der Waals surface area contributed by atoms with Gasteiger partial charge in [-0.15, -0.1) is 0 Å². The molecule has 21 heavy (non-hydrogen) atoms. The lowest BCUT2D eigenvalue weighted by Crippen LogP contribution is -2.52. The molecule has 8 nitrogen and oxygen atoms in total. The zero-order chi connectivity index (χ0) is 15.4. The Morgan fingerprint density at radius 1 is 1.48 bits per heavy atom. The van der Waals surface area contributed by atoms with Crippen LogP contribution in [0.15, 0.2) is 12.7 Å². The van der Waals surface area contributed by atoms with Crippen molar-refractivity contribution in [2.75, 3.05) is 6.61 Å². The lowest BCUT2D eigenvalue weighted by Gasteiger charge is -2.33. The minimum absolute atomic E-state index is 0.222. The molecule has 9 heteroatoms. The van der Waals surface area contributed by atoms with E-state index >= 15 is 0 Å². The van der Waals surface area contributed by atoms with E-state index < -0.39 is 57.8 Å². The van der Waals surface area contributed by atoms with Gasteiger partial charge in [0.2, 0.25) is 0 Å². The second-order valence-electron chi connectivity index (χ2n) is 5.34. The van der Waals surface area contributed by atoms with Gasteiger partial charge in [0.25, 0.3) is 10.1 Å². The first-order chi connectivity index (χ1) is 9.78. The van der Waals surface area contributed by atoms with E-state index in [9.17, 15) is 18.0 Å². The molecule has 5 unspecified atom stereocenters. The quantitative estimate of drug-likeness (QED) is 0.380. The van der Waals surface area contributed by atoms with E-state index in [4.69, 9.17) is 13.7 Å². The van der Waals surface area contributed by atoms with Crippen LogP contribution in [-0.4, -0.2) is 56.1 Å². The average molecular weight is 318 g/mol. The van der Waals surface area contributed by atoms with Gasteiger partial charge in [-0.25, -0.2) is 9.59 Å².